The number of benzene rings is 2. The van der Waals surface area contributed by atoms with Crippen molar-refractivity contribution in [2.24, 2.45) is 12.0 Å². The van der Waals surface area contributed by atoms with E-state index in [0.717, 1.165) is 41.6 Å². The maximum atomic E-state index is 6.09. The van der Waals surface area contributed by atoms with Crippen molar-refractivity contribution in [2.45, 2.75) is 19.9 Å². The van der Waals surface area contributed by atoms with Gasteiger partial charge < -0.3 is 15.4 Å². The molecule has 0 aliphatic carbocycles. The summed E-state index contributed by atoms with van der Waals surface area (Å²) in [6.07, 6.45) is 4.80. The molecule has 28 heavy (non-hydrogen) atoms. The van der Waals surface area contributed by atoms with E-state index in [1.165, 1.54) is 5.56 Å². The number of hydrogen-bond donors (Lipinski definition) is 2. The molecule has 0 radical (unpaired) electrons. The molecule has 1 heterocycles. The molecule has 0 bridgehead atoms. The zero-order valence-electron chi connectivity index (χ0n) is 16.6. The molecule has 0 atom stereocenters. The van der Waals surface area contributed by atoms with E-state index in [1.54, 1.807) is 7.05 Å². The van der Waals surface area contributed by atoms with Gasteiger partial charge in [-0.2, -0.15) is 5.10 Å². The van der Waals surface area contributed by atoms with Gasteiger partial charge in [0, 0.05) is 38.9 Å². The highest BCUT2D eigenvalue weighted by atomic mass is 16.5. The molecule has 0 aliphatic heterocycles. The lowest BCUT2D eigenvalue weighted by atomic mass is 10.1. The minimum Gasteiger partial charge on any atom is -0.457 e. The first kappa shape index (κ1) is 19.5. The van der Waals surface area contributed by atoms with Gasteiger partial charge in [0.1, 0.15) is 11.5 Å². The van der Waals surface area contributed by atoms with Crippen LogP contribution in [-0.4, -0.2) is 29.3 Å². The summed E-state index contributed by atoms with van der Waals surface area (Å²) in [5.41, 5.74) is 3.43. The second kappa shape index (κ2) is 9.60. The van der Waals surface area contributed by atoms with Crippen LogP contribution in [-0.2, 0) is 20.0 Å². The molecule has 0 spiro atoms. The van der Waals surface area contributed by atoms with Crippen molar-refractivity contribution in [3.8, 4) is 11.5 Å². The van der Waals surface area contributed by atoms with Gasteiger partial charge >= 0.3 is 0 Å². The molecule has 2 N–H and O–H groups in total. The zero-order chi connectivity index (χ0) is 19.8. The summed E-state index contributed by atoms with van der Waals surface area (Å²) >= 11 is 0. The van der Waals surface area contributed by atoms with Crippen molar-refractivity contribution in [2.75, 3.05) is 13.6 Å². The summed E-state index contributed by atoms with van der Waals surface area (Å²) in [7, 11) is 3.70. The Morgan fingerprint density at radius 1 is 1.14 bits per heavy atom. The standard InChI is InChI=1S/C22H27N5O/c1-17-9-10-19(21(13-17)28-20-7-5-4-6-8-20)15-25-22(23-2)24-12-11-18-14-26-27(3)16-18/h4-10,13-14,16H,11-12,15H2,1-3H3,(H2,23,24,25). The molecule has 0 saturated heterocycles. The number of aliphatic imine (C=N–C) groups is 1. The van der Waals surface area contributed by atoms with E-state index in [0.29, 0.717) is 6.54 Å². The topological polar surface area (TPSA) is 63.5 Å². The van der Waals surface area contributed by atoms with E-state index in [-0.39, 0.29) is 0 Å². The Labute approximate surface area is 166 Å². The molecule has 0 aliphatic rings. The van der Waals surface area contributed by atoms with Crippen molar-refractivity contribution < 1.29 is 4.74 Å². The van der Waals surface area contributed by atoms with Crippen LogP contribution in [0.1, 0.15) is 16.7 Å². The fraction of sp³-hybridized carbons (Fsp3) is 0.273. The number of hydrogen-bond acceptors (Lipinski definition) is 3. The molecular weight excluding hydrogens is 350 g/mol. The van der Waals surface area contributed by atoms with Crippen LogP contribution in [0.25, 0.3) is 0 Å². The van der Waals surface area contributed by atoms with Gasteiger partial charge in [-0.15, -0.1) is 0 Å². The van der Waals surface area contributed by atoms with E-state index in [2.05, 4.69) is 45.8 Å². The Balaban J connectivity index is 1.57. The van der Waals surface area contributed by atoms with Crippen molar-refractivity contribution in [1.82, 2.24) is 20.4 Å². The molecule has 0 saturated carbocycles. The number of para-hydroxylation sites is 1. The summed E-state index contributed by atoms with van der Waals surface area (Å²) in [5.74, 6) is 2.44. The van der Waals surface area contributed by atoms with Gasteiger partial charge in [-0.05, 0) is 42.7 Å². The first-order valence-corrected chi connectivity index (χ1v) is 9.38. The van der Waals surface area contributed by atoms with E-state index >= 15 is 0 Å². The summed E-state index contributed by atoms with van der Waals surface area (Å²) in [6, 6.07) is 16.1. The molecule has 0 unspecified atom stereocenters. The molecule has 1 aromatic heterocycles. The normalized spacial score (nSPS) is 11.3. The number of rotatable bonds is 7. The van der Waals surface area contributed by atoms with Crippen LogP contribution in [0.5, 0.6) is 11.5 Å². The van der Waals surface area contributed by atoms with Gasteiger partial charge in [0.2, 0.25) is 0 Å². The minimum atomic E-state index is 0.620. The molecule has 3 aromatic rings. The molecule has 0 fully saturated rings. The van der Waals surface area contributed by atoms with Crippen molar-refractivity contribution in [3.63, 3.8) is 0 Å². The summed E-state index contributed by atoms with van der Waals surface area (Å²) < 4.78 is 7.90. The second-order valence-electron chi connectivity index (χ2n) is 6.65. The Morgan fingerprint density at radius 2 is 1.96 bits per heavy atom. The van der Waals surface area contributed by atoms with Crippen LogP contribution in [0.2, 0.25) is 0 Å². The average Bonchev–Trinajstić information content (AvgIpc) is 3.11. The molecule has 6 nitrogen and oxygen atoms in total. The summed E-state index contributed by atoms with van der Waals surface area (Å²) in [4.78, 5) is 4.30. The predicted molar refractivity (Wildman–Crippen MR) is 113 cm³/mol. The van der Waals surface area contributed by atoms with Gasteiger partial charge in [0.25, 0.3) is 0 Å². The van der Waals surface area contributed by atoms with Crippen LogP contribution in [0.15, 0.2) is 65.9 Å². The molecule has 0 amide bonds. The van der Waals surface area contributed by atoms with Crippen LogP contribution in [0, 0.1) is 6.92 Å². The molecule has 146 valence electrons. The molecule has 3 rings (SSSR count). The first-order valence-electron chi connectivity index (χ1n) is 9.38. The maximum absolute atomic E-state index is 6.09. The Kier molecular flexibility index (Phi) is 6.68. The fourth-order valence-corrected chi connectivity index (χ4v) is 2.84. The monoisotopic (exact) mass is 377 g/mol. The molecule has 6 heteroatoms. The second-order valence-corrected chi connectivity index (χ2v) is 6.65. The van der Waals surface area contributed by atoms with Gasteiger partial charge in [0.15, 0.2) is 5.96 Å². The van der Waals surface area contributed by atoms with Crippen LogP contribution in [0.4, 0.5) is 0 Å². The molecule has 2 aromatic carbocycles. The highest BCUT2D eigenvalue weighted by Gasteiger charge is 2.07. The lowest BCUT2D eigenvalue weighted by Gasteiger charge is -2.15. The Morgan fingerprint density at radius 3 is 2.68 bits per heavy atom. The SMILES string of the molecule is CN=C(NCCc1cnn(C)c1)NCc1ccc(C)cc1Oc1ccccc1. The third-order valence-corrected chi connectivity index (χ3v) is 4.33. The Bertz CT molecular complexity index is 918. The zero-order valence-corrected chi connectivity index (χ0v) is 16.6. The van der Waals surface area contributed by atoms with Gasteiger partial charge in [-0.1, -0.05) is 30.3 Å². The van der Waals surface area contributed by atoms with Crippen LogP contribution < -0.4 is 15.4 Å². The highest BCUT2D eigenvalue weighted by Crippen LogP contribution is 2.26. The highest BCUT2D eigenvalue weighted by molar-refractivity contribution is 5.79. The van der Waals surface area contributed by atoms with Crippen LogP contribution >= 0.6 is 0 Å². The number of nitrogens with one attached hydrogen (secondary N) is 2. The summed E-state index contributed by atoms with van der Waals surface area (Å²) in [5, 5.41) is 10.9. The number of ether oxygens (including phenoxy) is 1. The molecular formula is C22H27N5O. The quantitative estimate of drug-likeness (QED) is 0.489. The van der Waals surface area contributed by atoms with Gasteiger partial charge in [-0.25, -0.2) is 0 Å². The van der Waals surface area contributed by atoms with E-state index in [4.69, 9.17) is 4.74 Å². The van der Waals surface area contributed by atoms with Crippen molar-refractivity contribution >= 4 is 5.96 Å². The van der Waals surface area contributed by atoms with Gasteiger partial charge in [-0.3, -0.25) is 9.67 Å². The van der Waals surface area contributed by atoms with E-state index in [9.17, 15) is 0 Å². The third kappa shape index (κ3) is 5.61. The number of aryl methyl sites for hydroxylation is 2. The van der Waals surface area contributed by atoms with Gasteiger partial charge in [0.05, 0.1) is 6.20 Å². The summed E-state index contributed by atoms with van der Waals surface area (Å²) in [6.45, 7) is 3.47. The largest absolute Gasteiger partial charge is 0.457 e. The van der Waals surface area contributed by atoms with Crippen molar-refractivity contribution in [1.29, 1.82) is 0 Å². The minimum absolute atomic E-state index is 0.620. The van der Waals surface area contributed by atoms with Crippen LogP contribution in [0.3, 0.4) is 0 Å². The smallest absolute Gasteiger partial charge is 0.191 e. The third-order valence-electron chi connectivity index (χ3n) is 4.33. The fourth-order valence-electron chi connectivity index (χ4n) is 2.84. The lowest BCUT2D eigenvalue weighted by Crippen LogP contribution is -2.37. The van der Waals surface area contributed by atoms with Crippen molar-refractivity contribution in [3.05, 3.63) is 77.6 Å². The number of guanidine groups is 1. The number of nitrogens with zero attached hydrogens (tertiary/aromatic N) is 3. The maximum Gasteiger partial charge on any atom is 0.191 e. The lowest BCUT2D eigenvalue weighted by molar-refractivity contribution is 0.474. The van der Waals surface area contributed by atoms with E-state index < -0.39 is 0 Å². The predicted octanol–water partition coefficient (Wildman–Crippen LogP) is 3.43. The Hall–Kier alpha value is -3.28. The number of aromatic nitrogens is 2. The van der Waals surface area contributed by atoms with E-state index in [1.807, 2.05) is 54.5 Å². The average molecular weight is 377 g/mol. The first-order chi connectivity index (χ1) is 13.6.